The number of hydrogen-bond acceptors (Lipinski definition) is 8. The van der Waals surface area contributed by atoms with E-state index in [1.807, 2.05) is 30.3 Å². The predicted molar refractivity (Wildman–Crippen MR) is 133 cm³/mol. The van der Waals surface area contributed by atoms with Gasteiger partial charge in [-0.3, -0.25) is 9.36 Å². The van der Waals surface area contributed by atoms with Gasteiger partial charge in [0.1, 0.15) is 12.4 Å². The Bertz CT molecular complexity index is 1170. The fraction of sp³-hybridized carbons (Fsp3) is 0.370. The number of rotatable bonds is 12. The molecule has 0 spiro atoms. The van der Waals surface area contributed by atoms with Crippen LogP contribution in [0.3, 0.4) is 0 Å². The second kappa shape index (κ2) is 11.7. The molecule has 4 rings (SSSR count). The first-order chi connectivity index (χ1) is 17.5. The lowest BCUT2D eigenvalue weighted by Crippen LogP contribution is -2.24. The van der Waals surface area contributed by atoms with Gasteiger partial charge in [-0.15, -0.1) is 0 Å². The number of methoxy groups -OCH3 is 1. The van der Waals surface area contributed by atoms with Gasteiger partial charge in [0.15, 0.2) is 23.3 Å². The van der Waals surface area contributed by atoms with Gasteiger partial charge in [-0.05, 0) is 41.8 Å². The molecule has 0 amide bonds. The summed E-state index contributed by atoms with van der Waals surface area (Å²) in [4.78, 5) is 12.3. The van der Waals surface area contributed by atoms with E-state index in [4.69, 9.17) is 18.9 Å². The first-order valence-electron chi connectivity index (χ1n) is 12.0. The van der Waals surface area contributed by atoms with Gasteiger partial charge < -0.3 is 34.5 Å². The first kappa shape index (κ1) is 25.2. The largest absolute Gasteiger partial charge is 0.494 e. The minimum Gasteiger partial charge on any atom is -0.494 e. The van der Waals surface area contributed by atoms with Crippen LogP contribution in [0.5, 0.6) is 29.0 Å². The van der Waals surface area contributed by atoms with Crippen LogP contribution < -0.4 is 19.5 Å². The van der Waals surface area contributed by atoms with E-state index >= 15 is 0 Å². The molecule has 0 bridgehead atoms. The van der Waals surface area contributed by atoms with Crippen LogP contribution in [0.4, 0.5) is 0 Å². The molecule has 1 aliphatic heterocycles. The minimum absolute atomic E-state index is 0.0299. The highest BCUT2D eigenvalue weighted by atomic mass is 16.5. The Hall–Kier alpha value is -3.85. The molecule has 2 aromatic carbocycles. The van der Waals surface area contributed by atoms with Gasteiger partial charge in [-0.25, -0.2) is 0 Å². The molecule has 9 heteroatoms. The van der Waals surface area contributed by atoms with Crippen LogP contribution in [0.2, 0.25) is 0 Å². The van der Waals surface area contributed by atoms with Gasteiger partial charge >= 0.3 is 5.97 Å². The van der Waals surface area contributed by atoms with Crippen LogP contribution in [0.15, 0.2) is 48.5 Å². The smallest absolute Gasteiger partial charge is 0.307 e. The lowest BCUT2D eigenvalue weighted by atomic mass is 9.99. The average Bonchev–Trinajstić information content (AvgIpc) is 3.48. The Labute approximate surface area is 210 Å². The standard InChI is InChI=1S/C27H32N2O7/c1-3-34-27(32)16-21(19-5-7-22-20(15-19)10-12-35-22)28-17-18-4-6-23(24(14-18)33-2)36-13-11-29-25(30)8-9-26(29)31/h4-9,14-15,21,28,30-31H,3,10-13,16-17H2,1-2H3. The lowest BCUT2D eigenvalue weighted by molar-refractivity contribution is -0.143. The van der Waals surface area contributed by atoms with Crippen molar-refractivity contribution in [2.24, 2.45) is 0 Å². The number of hydrogen-bond donors (Lipinski definition) is 3. The summed E-state index contributed by atoms with van der Waals surface area (Å²) in [6.45, 7) is 3.82. The molecular formula is C27H32N2O7. The molecule has 3 aromatic rings. The van der Waals surface area contributed by atoms with Crippen molar-refractivity contribution in [2.45, 2.75) is 38.9 Å². The number of nitrogens with one attached hydrogen (secondary N) is 1. The number of fused-ring (bicyclic) bond motifs is 1. The van der Waals surface area contributed by atoms with Crippen LogP contribution in [0, 0.1) is 0 Å². The summed E-state index contributed by atoms with van der Waals surface area (Å²) in [5, 5.41) is 23.0. The molecule has 0 aliphatic carbocycles. The summed E-state index contributed by atoms with van der Waals surface area (Å²) in [7, 11) is 1.57. The molecule has 36 heavy (non-hydrogen) atoms. The van der Waals surface area contributed by atoms with Crippen LogP contribution >= 0.6 is 0 Å². The summed E-state index contributed by atoms with van der Waals surface area (Å²) in [6, 6.07) is 14.3. The molecule has 1 aromatic heterocycles. The van der Waals surface area contributed by atoms with Crippen molar-refractivity contribution in [1.29, 1.82) is 0 Å². The Kier molecular flexibility index (Phi) is 8.22. The van der Waals surface area contributed by atoms with Gasteiger partial charge in [-0.2, -0.15) is 0 Å². The molecule has 0 fully saturated rings. The van der Waals surface area contributed by atoms with E-state index in [1.165, 1.54) is 16.7 Å². The van der Waals surface area contributed by atoms with E-state index in [-0.39, 0.29) is 43.3 Å². The molecule has 0 saturated heterocycles. The maximum atomic E-state index is 12.3. The second-order valence-electron chi connectivity index (χ2n) is 8.44. The van der Waals surface area contributed by atoms with E-state index in [1.54, 1.807) is 14.0 Å². The Morgan fingerprint density at radius 3 is 2.67 bits per heavy atom. The van der Waals surface area contributed by atoms with Crippen LogP contribution in [0.25, 0.3) is 0 Å². The van der Waals surface area contributed by atoms with E-state index < -0.39 is 0 Å². The Balaban J connectivity index is 1.41. The SMILES string of the molecule is CCOC(=O)CC(NCc1ccc(OCCn2c(O)ccc2O)c(OC)c1)c1ccc2c(c1)CCO2. The van der Waals surface area contributed by atoms with Crippen molar-refractivity contribution < 1.29 is 34.0 Å². The number of carbonyl (C=O) groups is 1. The zero-order valence-electron chi connectivity index (χ0n) is 20.5. The molecule has 1 aliphatic rings. The molecule has 192 valence electrons. The maximum absolute atomic E-state index is 12.3. The molecule has 0 saturated carbocycles. The number of aromatic nitrogens is 1. The fourth-order valence-electron chi connectivity index (χ4n) is 4.22. The number of nitrogens with zero attached hydrogens (tertiary/aromatic N) is 1. The van der Waals surface area contributed by atoms with Gasteiger partial charge in [0.2, 0.25) is 0 Å². The topological polar surface area (TPSA) is 111 Å². The zero-order valence-corrected chi connectivity index (χ0v) is 20.5. The van der Waals surface area contributed by atoms with Crippen molar-refractivity contribution in [2.75, 3.05) is 26.9 Å². The monoisotopic (exact) mass is 496 g/mol. The predicted octanol–water partition coefficient (Wildman–Crippen LogP) is 3.71. The number of esters is 1. The molecule has 2 heterocycles. The normalized spacial score (nSPS) is 13.1. The van der Waals surface area contributed by atoms with Crippen molar-refractivity contribution in [3.8, 4) is 29.0 Å². The van der Waals surface area contributed by atoms with E-state index in [0.717, 1.165) is 28.9 Å². The van der Waals surface area contributed by atoms with Gasteiger partial charge in [0.25, 0.3) is 0 Å². The zero-order chi connectivity index (χ0) is 25.5. The van der Waals surface area contributed by atoms with Crippen LogP contribution in [-0.2, 0) is 29.0 Å². The summed E-state index contributed by atoms with van der Waals surface area (Å²) >= 11 is 0. The number of benzene rings is 2. The number of carbonyl (C=O) groups excluding carboxylic acids is 1. The quantitative estimate of drug-likeness (QED) is 0.326. The summed E-state index contributed by atoms with van der Waals surface area (Å²) in [5.41, 5.74) is 3.11. The number of ether oxygens (including phenoxy) is 4. The van der Waals surface area contributed by atoms with Gasteiger partial charge in [0, 0.05) is 31.1 Å². The van der Waals surface area contributed by atoms with E-state index in [9.17, 15) is 15.0 Å². The summed E-state index contributed by atoms with van der Waals surface area (Å²) in [6.07, 6.45) is 1.07. The van der Waals surface area contributed by atoms with Crippen molar-refractivity contribution in [3.05, 3.63) is 65.2 Å². The third-order valence-electron chi connectivity index (χ3n) is 6.08. The Morgan fingerprint density at radius 2 is 1.92 bits per heavy atom. The third kappa shape index (κ3) is 6.04. The lowest BCUT2D eigenvalue weighted by Gasteiger charge is -2.20. The highest BCUT2D eigenvalue weighted by Gasteiger charge is 2.20. The fourth-order valence-corrected chi connectivity index (χ4v) is 4.22. The maximum Gasteiger partial charge on any atom is 0.307 e. The Morgan fingerprint density at radius 1 is 1.11 bits per heavy atom. The molecular weight excluding hydrogens is 464 g/mol. The molecule has 1 atom stereocenters. The highest BCUT2D eigenvalue weighted by molar-refractivity contribution is 5.70. The molecule has 9 nitrogen and oxygen atoms in total. The van der Waals surface area contributed by atoms with Crippen molar-refractivity contribution >= 4 is 5.97 Å². The van der Waals surface area contributed by atoms with Crippen molar-refractivity contribution in [3.63, 3.8) is 0 Å². The molecule has 0 radical (unpaired) electrons. The first-order valence-corrected chi connectivity index (χ1v) is 12.0. The summed E-state index contributed by atoms with van der Waals surface area (Å²) < 4.78 is 23.5. The van der Waals surface area contributed by atoms with E-state index in [0.29, 0.717) is 31.3 Å². The average molecular weight is 497 g/mol. The van der Waals surface area contributed by atoms with Gasteiger partial charge in [-0.1, -0.05) is 18.2 Å². The second-order valence-corrected chi connectivity index (χ2v) is 8.44. The summed E-state index contributed by atoms with van der Waals surface area (Å²) in [5.74, 6) is 1.69. The van der Waals surface area contributed by atoms with Crippen LogP contribution in [-0.4, -0.2) is 47.7 Å². The highest BCUT2D eigenvalue weighted by Crippen LogP contribution is 2.31. The number of aromatic hydroxyl groups is 2. The van der Waals surface area contributed by atoms with Gasteiger partial charge in [0.05, 0.1) is 33.3 Å². The minimum atomic E-state index is -0.257. The van der Waals surface area contributed by atoms with Crippen molar-refractivity contribution in [1.82, 2.24) is 9.88 Å². The third-order valence-corrected chi connectivity index (χ3v) is 6.08. The molecule has 1 unspecified atom stereocenters. The molecule has 3 N–H and O–H groups in total. The van der Waals surface area contributed by atoms with Crippen LogP contribution in [0.1, 0.15) is 36.1 Å². The van der Waals surface area contributed by atoms with E-state index in [2.05, 4.69) is 11.4 Å².